The second-order valence-corrected chi connectivity index (χ2v) is 12.8. The zero-order chi connectivity index (χ0) is 33.1. The zero-order valence-electron chi connectivity index (χ0n) is 25.7. The number of benzene rings is 4. The molecule has 0 aliphatic carbocycles. The number of carbonyl (C=O) groups excluding carboxylic acids is 2. The molecule has 0 aliphatic rings. The van der Waals surface area contributed by atoms with Gasteiger partial charge in [-0.05, 0) is 85.1 Å². The van der Waals surface area contributed by atoms with Crippen molar-refractivity contribution in [1.29, 1.82) is 0 Å². The van der Waals surface area contributed by atoms with Crippen LogP contribution in [0.4, 0.5) is 10.1 Å². The van der Waals surface area contributed by atoms with Crippen molar-refractivity contribution in [3.05, 3.63) is 125 Å². The van der Waals surface area contributed by atoms with Gasteiger partial charge in [0.25, 0.3) is 10.0 Å². The van der Waals surface area contributed by atoms with E-state index in [1.54, 1.807) is 24.3 Å². The van der Waals surface area contributed by atoms with E-state index in [0.717, 1.165) is 22.0 Å². The van der Waals surface area contributed by atoms with Gasteiger partial charge in [-0.25, -0.2) is 12.8 Å². The Morgan fingerprint density at radius 1 is 0.870 bits per heavy atom. The average molecular weight is 666 g/mol. The van der Waals surface area contributed by atoms with Crippen molar-refractivity contribution in [2.45, 2.75) is 44.2 Å². The van der Waals surface area contributed by atoms with Crippen molar-refractivity contribution in [1.82, 2.24) is 10.2 Å². The summed E-state index contributed by atoms with van der Waals surface area (Å²) in [6, 6.07) is 25.9. The highest BCUT2D eigenvalue weighted by molar-refractivity contribution is 7.92. The SMILES string of the molecule is CCCNC(=O)[C@H](Cc1ccccc1)N(Cc1ccc(Cl)cc1)C(=O)CN(c1ccc(F)cc1)S(=O)(=O)c1ccc(OCC)cc1. The Balaban J connectivity index is 1.78. The number of nitrogens with one attached hydrogen (secondary N) is 1. The Morgan fingerprint density at radius 2 is 1.52 bits per heavy atom. The Labute approximate surface area is 274 Å². The molecular weight excluding hydrogens is 629 g/mol. The highest BCUT2D eigenvalue weighted by Crippen LogP contribution is 2.27. The molecule has 0 aliphatic heterocycles. The molecule has 0 aromatic heterocycles. The molecule has 0 heterocycles. The molecule has 8 nitrogen and oxygen atoms in total. The van der Waals surface area contributed by atoms with E-state index in [0.29, 0.717) is 35.9 Å². The normalized spacial score (nSPS) is 11.8. The fourth-order valence-corrected chi connectivity index (χ4v) is 6.38. The van der Waals surface area contributed by atoms with Crippen LogP contribution in [0.3, 0.4) is 0 Å². The molecule has 1 atom stereocenters. The van der Waals surface area contributed by atoms with Crippen molar-refractivity contribution in [2.75, 3.05) is 24.0 Å². The van der Waals surface area contributed by atoms with Gasteiger partial charge in [-0.3, -0.25) is 13.9 Å². The molecular formula is C35H37ClFN3O5S. The summed E-state index contributed by atoms with van der Waals surface area (Å²) in [6.07, 6.45) is 0.880. The van der Waals surface area contributed by atoms with Crippen LogP contribution in [0, 0.1) is 5.82 Å². The first kappa shape index (κ1) is 34.5. The minimum absolute atomic E-state index is 0.00735. The number of amides is 2. The minimum atomic E-state index is -4.33. The average Bonchev–Trinajstić information content (AvgIpc) is 3.06. The standard InChI is InChI=1S/C35H37ClFN3O5S/c1-3-22-38-35(42)33(23-26-8-6-5-7-9-26)39(24-27-10-12-28(36)13-11-27)34(41)25-40(30-16-14-29(37)15-17-30)46(43,44)32-20-18-31(19-21-32)45-4-2/h5-21,33H,3-4,22-25H2,1-2H3,(H,38,42)/t33-/m0/s1. The Hall–Kier alpha value is -4.41. The largest absolute Gasteiger partial charge is 0.494 e. The van der Waals surface area contributed by atoms with Gasteiger partial charge in [0.1, 0.15) is 24.2 Å². The first-order valence-electron chi connectivity index (χ1n) is 15.0. The van der Waals surface area contributed by atoms with Crippen LogP contribution in [0.2, 0.25) is 5.02 Å². The quantitative estimate of drug-likeness (QED) is 0.162. The summed E-state index contributed by atoms with van der Waals surface area (Å²) in [5.74, 6) is -1.06. The van der Waals surface area contributed by atoms with Crippen LogP contribution in [0.1, 0.15) is 31.4 Å². The lowest BCUT2D eigenvalue weighted by atomic mass is 10.0. The topological polar surface area (TPSA) is 96.0 Å². The van der Waals surface area contributed by atoms with E-state index in [1.807, 2.05) is 44.2 Å². The molecule has 4 aromatic carbocycles. The van der Waals surface area contributed by atoms with E-state index in [-0.39, 0.29) is 29.5 Å². The maximum absolute atomic E-state index is 14.4. The summed E-state index contributed by atoms with van der Waals surface area (Å²) in [7, 11) is -4.33. The number of hydrogen-bond donors (Lipinski definition) is 1. The molecule has 46 heavy (non-hydrogen) atoms. The number of ether oxygens (including phenoxy) is 1. The first-order chi connectivity index (χ1) is 22.1. The number of sulfonamides is 1. The van der Waals surface area contributed by atoms with E-state index in [2.05, 4.69) is 5.32 Å². The number of anilines is 1. The summed E-state index contributed by atoms with van der Waals surface area (Å²) < 4.78 is 48.5. The number of rotatable bonds is 15. The number of hydrogen-bond acceptors (Lipinski definition) is 5. The van der Waals surface area contributed by atoms with E-state index in [9.17, 15) is 22.4 Å². The lowest BCUT2D eigenvalue weighted by molar-refractivity contribution is -0.140. The molecule has 242 valence electrons. The summed E-state index contributed by atoms with van der Waals surface area (Å²) in [5, 5.41) is 3.41. The number of carbonyl (C=O) groups is 2. The smallest absolute Gasteiger partial charge is 0.264 e. The molecule has 0 radical (unpaired) electrons. The molecule has 0 spiro atoms. The van der Waals surface area contributed by atoms with Gasteiger partial charge in [0.05, 0.1) is 17.2 Å². The predicted molar refractivity (Wildman–Crippen MR) is 178 cm³/mol. The van der Waals surface area contributed by atoms with Crippen LogP contribution in [0.5, 0.6) is 5.75 Å². The number of halogens is 2. The predicted octanol–water partition coefficient (Wildman–Crippen LogP) is 6.24. The monoisotopic (exact) mass is 665 g/mol. The van der Waals surface area contributed by atoms with Gasteiger partial charge in [0.15, 0.2) is 0 Å². The maximum atomic E-state index is 14.4. The highest BCUT2D eigenvalue weighted by atomic mass is 35.5. The third-order valence-corrected chi connectivity index (χ3v) is 9.24. The van der Waals surface area contributed by atoms with Crippen molar-refractivity contribution in [3.8, 4) is 5.75 Å². The van der Waals surface area contributed by atoms with Gasteiger partial charge in [-0.15, -0.1) is 0 Å². The fourth-order valence-electron chi connectivity index (χ4n) is 4.84. The Morgan fingerprint density at radius 3 is 2.13 bits per heavy atom. The van der Waals surface area contributed by atoms with Crippen LogP contribution >= 0.6 is 11.6 Å². The van der Waals surface area contributed by atoms with Crippen molar-refractivity contribution in [3.63, 3.8) is 0 Å². The zero-order valence-corrected chi connectivity index (χ0v) is 27.3. The van der Waals surface area contributed by atoms with Crippen LogP contribution in [-0.2, 0) is 32.6 Å². The second-order valence-electron chi connectivity index (χ2n) is 10.5. The van der Waals surface area contributed by atoms with Gasteiger partial charge in [0, 0.05) is 24.5 Å². The van der Waals surface area contributed by atoms with Gasteiger partial charge in [-0.1, -0.05) is 61.0 Å². The molecule has 4 aromatic rings. The fraction of sp³-hybridized carbons (Fsp3) is 0.257. The van der Waals surface area contributed by atoms with E-state index >= 15 is 0 Å². The van der Waals surface area contributed by atoms with E-state index < -0.39 is 34.3 Å². The number of nitrogens with zero attached hydrogens (tertiary/aromatic N) is 2. The molecule has 4 rings (SSSR count). The Kier molecular flexibility index (Phi) is 12.2. The van der Waals surface area contributed by atoms with Crippen molar-refractivity contribution in [2.24, 2.45) is 0 Å². The third-order valence-electron chi connectivity index (χ3n) is 7.20. The van der Waals surface area contributed by atoms with Gasteiger partial charge in [0.2, 0.25) is 11.8 Å². The summed E-state index contributed by atoms with van der Waals surface area (Å²) >= 11 is 6.12. The summed E-state index contributed by atoms with van der Waals surface area (Å²) in [4.78, 5) is 29.4. The van der Waals surface area contributed by atoms with E-state index in [4.69, 9.17) is 16.3 Å². The molecule has 0 fully saturated rings. The lowest BCUT2D eigenvalue weighted by Gasteiger charge is -2.34. The molecule has 2 amide bonds. The van der Waals surface area contributed by atoms with Crippen LogP contribution < -0.4 is 14.4 Å². The molecule has 0 saturated heterocycles. The van der Waals surface area contributed by atoms with Crippen molar-refractivity contribution >= 4 is 39.1 Å². The molecule has 0 bridgehead atoms. The molecule has 11 heteroatoms. The second kappa shape index (κ2) is 16.2. The van der Waals surface area contributed by atoms with Crippen LogP contribution in [0.25, 0.3) is 0 Å². The third kappa shape index (κ3) is 9.08. The van der Waals surface area contributed by atoms with Crippen molar-refractivity contribution < 1.29 is 27.1 Å². The van der Waals surface area contributed by atoms with Gasteiger partial charge < -0.3 is 15.0 Å². The first-order valence-corrected chi connectivity index (χ1v) is 16.8. The maximum Gasteiger partial charge on any atom is 0.264 e. The van der Waals surface area contributed by atoms with E-state index in [1.165, 1.54) is 41.3 Å². The van der Waals surface area contributed by atoms with Gasteiger partial charge >= 0.3 is 0 Å². The van der Waals surface area contributed by atoms with Crippen LogP contribution in [-0.4, -0.2) is 50.9 Å². The summed E-state index contributed by atoms with van der Waals surface area (Å²) in [6.45, 7) is 3.91. The minimum Gasteiger partial charge on any atom is -0.494 e. The molecule has 0 unspecified atom stereocenters. The summed E-state index contributed by atoms with van der Waals surface area (Å²) in [5.41, 5.74) is 1.61. The molecule has 0 saturated carbocycles. The Bertz CT molecular complexity index is 1690. The van der Waals surface area contributed by atoms with Gasteiger partial charge in [-0.2, -0.15) is 0 Å². The highest BCUT2D eigenvalue weighted by Gasteiger charge is 2.34. The lowest BCUT2D eigenvalue weighted by Crippen LogP contribution is -2.53. The van der Waals surface area contributed by atoms with Crippen LogP contribution in [0.15, 0.2) is 108 Å². The molecule has 1 N–H and O–H groups in total.